The van der Waals surface area contributed by atoms with Crippen molar-refractivity contribution in [2.24, 2.45) is 0 Å². The molecule has 1 N–H and O–H groups in total. The van der Waals surface area contributed by atoms with Gasteiger partial charge in [-0.3, -0.25) is 0 Å². The van der Waals surface area contributed by atoms with E-state index >= 15 is 0 Å². The van der Waals surface area contributed by atoms with Crippen LogP contribution in [0.25, 0.3) is 6.08 Å². The summed E-state index contributed by atoms with van der Waals surface area (Å²) in [5.74, 6) is 0.787. The third-order valence-corrected chi connectivity index (χ3v) is 3.99. The first kappa shape index (κ1) is 20.2. The lowest BCUT2D eigenvalue weighted by Crippen LogP contribution is -1.92. The summed E-state index contributed by atoms with van der Waals surface area (Å²) < 4.78 is 4.98. The van der Waals surface area contributed by atoms with Gasteiger partial charge in [-0.25, -0.2) is 0 Å². The molecule has 0 aliphatic heterocycles. The van der Waals surface area contributed by atoms with Crippen LogP contribution in [0.4, 0.5) is 0 Å². The van der Waals surface area contributed by atoms with Gasteiger partial charge in [0.1, 0.15) is 5.75 Å². The summed E-state index contributed by atoms with van der Waals surface area (Å²) in [6.07, 6.45) is 6.26. The van der Waals surface area contributed by atoms with Crippen LogP contribution in [0.15, 0.2) is 104 Å². The van der Waals surface area contributed by atoms with Crippen molar-refractivity contribution in [3.8, 4) is 5.75 Å². The van der Waals surface area contributed by atoms with Crippen LogP contribution < -0.4 is 4.74 Å². The molecule has 0 amide bonds. The van der Waals surface area contributed by atoms with Crippen LogP contribution in [0, 0.1) is 0 Å². The normalized spacial score (nSPS) is 11.3. The van der Waals surface area contributed by atoms with E-state index < -0.39 is 6.10 Å². The minimum absolute atomic E-state index is 0.587. The smallest absolute Gasteiger partial charge is 0.118 e. The number of aliphatic hydroxyl groups is 1. The molecule has 1 atom stereocenters. The van der Waals surface area contributed by atoms with Gasteiger partial charge in [0.2, 0.25) is 0 Å². The molecule has 0 radical (unpaired) electrons. The highest BCUT2D eigenvalue weighted by Gasteiger charge is 2.01. The van der Waals surface area contributed by atoms with Gasteiger partial charge in [-0.1, -0.05) is 91.0 Å². The SMILES string of the molecule is C(=C\c1ccccc1)/Cc1ccccc1.C=CC(O)c1ccc(OC)cc1. The van der Waals surface area contributed by atoms with Gasteiger partial charge < -0.3 is 9.84 Å². The van der Waals surface area contributed by atoms with Crippen molar-refractivity contribution < 1.29 is 9.84 Å². The van der Waals surface area contributed by atoms with Gasteiger partial charge in [-0.15, -0.1) is 6.58 Å². The van der Waals surface area contributed by atoms with Gasteiger partial charge in [0.15, 0.2) is 0 Å². The van der Waals surface area contributed by atoms with Crippen LogP contribution in [-0.4, -0.2) is 12.2 Å². The number of rotatable bonds is 6. The Hall–Kier alpha value is -3.10. The highest BCUT2D eigenvalue weighted by molar-refractivity contribution is 5.49. The monoisotopic (exact) mass is 358 g/mol. The lowest BCUT2D eigenvalue weighted by Gasteiger charge is -2.05. The van der Waals surface area contributed by atoms with Gasteiger partial charge in [-0.05, 0) is 35.2 Å². The van der Waals surface area contributed by atoms with Gasteiger partial charge in [0.05, 0.1) is 13.2 Å². The van der Waals surface area contributed by atoms with E-state index in [2.05, 4.69) is 67.3 Å². The quantitative estimate of drug-likeness (QED) is 0.560. The predicted octanol–water partition coefficient (Wildman–Crippen LogP) is 5.86. The highest BCUT2D eigenvalue weighted by Crippen LogP contribution is 2.17. The summed E-state index contributed by atoms with van der Waals surface area (Å²) in [4.78, 5) is 0. The number of allylic oxidation sites excluding steroid dienone is 1. The summed E-state index contributed by atoms with van der Waals surface area (Å²) >= 11 is 0. The van der Waals surface area contributed by atoms with E-state index in [0.717, 1.165) is 17.7 Å². The molecule has 0 bridgehead atoms. The first-order valence-electron chi connectivity index (χ1n) is 8.93. The number of aliphatic hydroxyl groups excluding tert-OH is 1. The third-order valence-electron chi connectivity index (χ3n) is 3.99. The molecule has 3 aromatic carbocycles. The van der Waals surface area contributed by atoms with E-state index in [4.69, 9.17) is 4.74 Å². The molecule has 0 heterocycles. The standard InChI is InChI=1S/C15H14.C10H12O2/c1-3-8-14(9-4-1)12-7-13-15-10-5-2-6-11-15;1-3-10(11)8-4-6-9(12-2)7-5-8/h1-12H,13H2;3-7,10-11H,1H2,2H3/b12-7+;. The van der Waals surface area contributed by atoms with Crippen LogP contribution in [0.5, 0.6) is 5.75 Å². The minimum Gasteiger partial charge on any atom is -0.497 e. The predicted molar refractivity (Wildman–Crippen MR) is 114 cm³/mol. The molecule has 1 unspecified atom stereocenters. The fourth-order valence-electron chi connectivity index (χ4n) is 2.45. The van der Waals surface area contributed by atoms with Crippen LogP contribution in [0.3, 0.4) is 0 Å². The third kappa shape index (κ3) is 7.35. The summed E-state index contributed by atoms with van der Waals surface area (Å²) in [6, 6.07) is 28.1. The van der Waals surface area contributed by atoms with Crippen molar-refractivity contribution >= 4 is 6.08 Å². The number of hydrogen-bond acceptors (Lipinski definition) is 2. The van der Waals surface area contributed by atoms with E-state index in [1.165, 1.54) is 17.2 Å². The number of hydrogen-bond donors (Lipinski definition) is 1. The largest absolute Gasteiger partial charge is 0.497 e. The van der Waals surface area contributed by atoms with Crippen LogP contribution in [0.2, 0.25) is 0 Å². The first-order chi connectivity index (χ1) is 13.2. The average molecular weight is 358 g/mol. The molecule has 2 nitrogen and oxygen atoms in total. The Labute approximate surface area is 162 Å². The molecule has 0 aliphatic carbocycles. The Morgan fingerprint density at radius 3 is 2.04 bits per heavy atom. The Balaban J connectivity index is 0.000000199. The Morgan fingerprint density at radius 2 is 1.48 bits per heavy atom. The molecule has 0 aromatic heterocycles. The molecule has 0 saturated heterocycles. The Morgan fingerprint density at radius 1 is 0.889 bits per heavy atom. The number of ether oxygens (including phenoxy) is 1. The zero-order chi connectivity index (χ0) is 19.3. The number of methoxy groups -OCH3 is 1. The average Bonchev–Trinajstić information content (AvgIpc) is 2.75. The molecular weight excluding hydrogens is 332 g/mol. The van der Waals surface area contributed by atoms with Crippen molar-refractivity contribution in [1.29, 1.82) is 0 Å². The lowest BCUT2D eigenvalue weighted by molar-refractivity contribution is 0.229. The van der Waals surface area contributed by atoms with E-state index in [9.17, 15) is 5.11 Å². The second kappa shape index (κ2) is 11.5. The molecule has 0 spiro atoms. The van der Waals surface area contributed by atoms with E-state index in [-0.39, 0.29) is 0 Å². The molecule has 2 heteroatoms. The van der Waals surface area contributed by atoms with Gasteiger partial charge in [-0.2, -0.15) is 0 Å². The summed E-state index contributed by atoms with van der Waals surface area (Å²) in [5.41, 5.74) is 3.43. The van der Waals surface area contributed by atoms with E-state index in [1.807, 2.05) is 36.4 Å². The fourth-order valence-corrected chi connectivity index (χ4v) is 2.45. The van der Waals surface area contributed by atoms with Gasteiger partial charge >= 0.3 is 0 Å². The van der Waals surface area contributed by atoms with E-state index in [0.29, 0.717) is 0 Å². The molecule has 138 valence electrons. The molecule has 0 aliphatic rings. The van der Waals surface area contributed by atoms with E-state index in [1.54, 1.807) is 7.11 Å². The lowest BCUT2D eigenvalue weighted by atomic mass is 10.1. The molecule has 0 fully saturated rings. The van der Waals surface area contributed by atoms with Gasteiger partial charge in [0, 0.05) is 0 Å². The zero-order valence-electron chi connectivity index (χ0n) is 15.7. The summed E-state index contributed by atoms with van der Waals surface area (Å²) in [7, 11) is 1.61. The van der Waals surface area contributed by atoms with Crippen molar-refractivity contribution in [2.75, 3.05) is 7.11 Å². The van der Waals surface area contributed by atoms with Gasteiger partial charge in [0.25, 0.3) is 0 Å². The highest BCUT2D eigenvalue weighted by atomic mass is 16.5. The molecule has 3 rings (SSSR count). The number of benzene rings is 3. The maximum atomic E-state index is 9.33. The molecule has 0 saturated carbocycles. The molecule has 3 aromatic rings. The minimum atomic E-state index is -0.587. The first-order valence-corrected chi connectivity index (χ1v) is 8.93. The second-order valence-electron chi connectivity index (χ2n) is 5.96. The van der Waals surface area contributed by atoms with Crippen LogP contribution in [-0.2, 0) is 6.42 Å². The maximum absolute atomic E-state index is 9.33. The Bertz CT molecular complexity index is 806. The maximum Gasteiger partial charge on any atom is 0.118 e. The molecular formula is C25H26O2. The fraction of sp³-hybridized carbons (Fsp3) is 0.120. The second-order valence-corrected chi connectivity index (χ2v) is 5.96. The van der Waals surface area contributed by atoms with Crippen LogP contribution >= 0.6 is 0 Å². The van der Waals surface area contributed by atoms with Crippen molar-refractivity contribution in [1.82, 2.24) is 0 Å². The topological polar surface area (TPSA) is 29.5 Å². The zero-order valence-corrected chi connectivity index (χ0v) is 15.7. The molecule has 27 heavy (non-hydrogen) atoms. The summed E-state index contributed by atoms with van der Waals surface area (Å²) in [5, 5.41) is 9.33. The summed E-state index contributed by atoms with van der Waals surface area (Å²) in [6.45, 7) is 3.50. The van der Waals surface area contributed by atoms with Crippen LogP contribution in [0.1, 0.15) is 22.8 Å². The van der Waals surface area contributed by atoms with Crippen molar-refractivity contribution in [2.45, 2.75) is 12.5 Å². The van der Waals surface area contributed by atoms with Crippen molar-refractivity contribution in [3.05, 3.63) is 120 Å². The Kier molecular flexibility index (Phi) is 8.61. The van der Waals surface area contributed by atoms with Crippen molar-refractivity contribution in [3.63, 3.8) is 0 Å².